The van der Waals surface area contributed by atoms with Crippen LogP contribution in [-0.4, -0.2) is 35.2 Å². The molecule has 0 saturated heterocycles. The molecule has 6 nitrogen and oxygen atoms in total. The number of carboxylic acid groups (broad SMARTS) is 1. The summed E-state index contributed by atoms with van der Waals surface area (Å²) in [5.41, 5.74) is 0.626. The second-order valence-electron chi connectivity index (χ2n) is 6.38. The maximum absolute atomic E-state index is 12.2. The van der Waals surface area contributed by atoms with Gasteiger partial charge in [0.1, 0.15) is 11.8 Å². The van der Waals surface area contributed by atoms with Gasteiger partial charge < -0.3 is 19.6 Å². The van der Waals surface area contributed by atoms with Crippen LogP contribution in [0.2, 0.25) is 0 Å². The summed E-state index contributed by atoms with van der Waals surface area (Å²) >= 11 is 0. The molecule has 0 aliphatic carbocycles. The standard InChI is InChI=1S/C17H27NO5/c1-6-11-10-14(23-13(11)7-2)15(19)18-12(16(20)21)8-9-22-17(3,4)5/h10,12H,6-9H2,1-5H3,(H,18,19)(H,20,21). The van der Waals surface area contributed by atoms with Crippen LogP contribution in [-0.2, 0) is 22.4 Å². The third-order valence-electron chi connectivity index (χ3n) is 3.37. The average Bonchev–Trinajstić information content (AvgIpc) is 2.88. The molecular formula is C17H27NO5. The Morgan fingerprint density at radius 2 is 1.96 bits per heavy atom. The Kier molecular flexibility index (Phi) is 6.81. The number of carboxylic acids is 1. The molecule has 6 heteroatoms. The van der Waals surface area contributed by atoms with E-state index < -0.39 is 17.9 Å². The molecule has 1 heterocycles. The summed E-state index contributed by atoms with van der Waals surface area (Å²) in [4.78, 5) is 23.5. The molecule has 0 aromatic carbocycles. The Bertz CT molecular complexity index is 520. The predicted octanol–water partition coefficient (Wildman–Crippen LogP) is 2.79. The minimum absolute atomic E-state index is 0.154. The van der Waals surface area contributed by atoms with Crippen molar-refractivity contribution in [3.05, 3.63) is 23.2 Å². The smallest absolute Gasteiger partial charge is 0.326 e. The predicted molar refractivity (Wildman–Crippen MR) is 86.7 cm³/mol. The van der Waals surface area contributed by atoms with Crippen LogP contribution in [0.5, 0.6) is 0 Å². The number of nitrogens with one attached hydrogen (secondary N) is 1. The zero-order valence-corrected chi connectivity index (χ0v) is 14.6. The zero-order chi connectivity index (χ0) is 17.6. The molecule has 0 aliphatic rings. The first-order valence-electron chi connectivity index (χ1n) is 7.97. The van der Waals surface area contributed by atoms with Crippen LogP contribution in [0.1, 0.15) is 62.9 Å². The number of hydrogen-bond acceptors (Lipinski definition) is 4. The second-order valence-corrected chi connectivity index (χ2v) is 6.38. The highest BCUT2D eigenvalue weighted by Crippen LogP contribution is 2.17. The van der Waals surface area contributed by atoms with E-state index in [1.54, 1.807) is 6.07 Å². The first kappa shape index (κ1) is 19.2. The van der Waals surface area contributed by atoms with Gasteiger partial charge in [0.15, 0.2) is 5.76 Å². The molecule has 1 amide bonds. The Morgan fingerprint density at radius 3 is 2.39 bits per heavy atom. The number of ether oxygens (including phenoxy) is 1. The highest BCUT2D eigenvalue weighted by atomic mass is 16.5. The Balaban J connectivity index is 2.70. The highest BCUT2D eigenvalue weighted by Gasteiger charge is 2.24. The van der Waals surface area contributed by atoms with Crippen molar-refractivity contribution >= 4 is 11.9 Å². The van der Waals surface area contributed by atoms with E-state index in [1.807, 2.05) is 34.6 Å². The lowest BCUT2D eigenvalue weighted by atomic mass is 10.1. The number of hydrogen-bond donors (Lipinski definition) is 2. The summed E-state index contributed by atoms with van der Waals surface area (Å²) < 4.78 is 11.0. The van der Waals surface area contributed by atoms with E-state index in [-0.39, 0.29) is 24.4 Å². The fraction of sp³-hybridized carbons (Fsp3) is 0.647. The van der Waals surface area contributed by atoms with Crippen molar-refractivity contribution in [3.63, 3.8) is 0 Å². The van der Waals surface area contributed by atoms with E-state index >= 15 is 0 Å². The zero-order valence-electron chi connectivity index (χ0n) is 14.6. The third-order valence-corrected chi connectivity index (χ3v) is 3.37. The minimum Gasteiger partial charge on any atom is -0.480 e. The minimum atomic E-state index is -1.09. The number of rotatable bonds is 8. The van der Waals surface area contributed by atoms with Gasteiger partial charge in [0, 0.05) is 19.4 Å². The number of carbonyl (C=O) groups excluding carboxylic acids is 1. The molecule has 0 saturated carbocycles. The topological polar surface area (TPSA) is 88.8 Å². The van der Waals surface area contributed by atoms with Crippen molar-refractivity contribution in [3.8, 4) is 0 Å². The Labute approximate surface area is 137 Å². The van der Waals surface area contributed by atoms with E-state index in [9.17, 15) is 14.7 Å². The summed E-state index contributed by atoms with van der Waals surface area (Å²) in [7, 11) is 0. The quantitative estimate of drug-likeness (QED) is 0.767. The van der Waals surface area contributed by atoms with Gasteiger partial charge in [0.05, 0.1) is 5.60 Å². The van der Waals surface area contributed by atoms with Gasteiger partial charge in [-0.2, -0.15) is 0 Å². The summed E-state index contributed by atoms with van der Waals surface area (Å²) in [6.45, 7) is 9.85. The molecule has 0 bridgehead atoms. The van der Waals surface area contributed by atoms with Crippen LogP contribution in [0.25, 0.3) is 0 Å². The van der Waals surface area contributed by atoms with Crippen molar-refractivity contribution in [2.75, 3.05) is 6.61 Å². The lowest BCUT2D eigenvalue weighted by molar-refractivity contribution is -0.140. The van der Waals surface area contributed by atoms with Gasteiger partial charge in [-0.25, -0.2) is 4.79 Å². The molecule has 1 aromatic heterocycles. The fourth-order valence-corrected chi connectivity index (χ4v) is 2.15. The van der Waals surface area contributed by atoms with Crippen molar-refractivity contribution in [1.82, 2.24) is 5.32 Å². The van der Waals surface area contributed by atoms with Crippen LogP contribution in [0.15, 0.2) is 10.5 Å². The molecule has 1 unspecified atom stereocenters. The van der Waals surface area contributed by atoms with E-state index in [0.29, 0.717) is 6.42 Å². The maximum Gasteiger partial charge on any atom is 0.326 e. The molecule has 2 N–H and O–H groups in total. The van der Waals surface area contributed by atoms with Gasteiger partial charge in [-0.05, 0) is 38.8 Å². The molecule has 0 spiro atoms. The first-order chi connectivity index (χ1) is 10.7. The van der Waals surface area contributed by atoms with Crippen LogP contribution in [0, 0.1) is 0 Å². The van der Waals surface area contributed by atoms with Gasteiger partial charge in [-0.15, -0.1) is 0 Å². The molecule has 1 atom stereocenters. The summed E-state index contributed by atoms with van der Waals surface area (Å²) in [6.07, 6.45) is 1.65. The first-order valence-corrected chi connectivity index (χ1v) is 7.97. The van der Waals surface area contributed by atoms with E-state index in [1.165, 1.54) is 0 Å². The molecule has 1 rings (SSSR count). The van der Waals surface area contributed by atoms with Crippen LogP contribution < -0.4 is 5.32 Å². The largest absolute Gasteiger partial charge is 0.480 e. The number of furan rings is 1. The number of carbonyl (C=O) groups is 2. The average molecular weight is 325 g/mol. The maximum atomic E-state index is 12.2. The molecule has 23 heavy (non-hydrogen) atoms. The molecular weight excluding hydrogens is 298 g/mol. The van der Waals surface area contributed by atoms with E-state index in [4.69, 9.17) is 9.15 Å². The van der Waals surface area contributed by atoms with Crippen molar-refractivity contribution < 1.29 is 23.8 Å². The van der Waals surface area contributed by atoms with Crippen molar-refractivity contribution in [1.29, 1.82) is 0 Å². The molecule has 0 fully saturated rings. The normalized spacial score (nSPS) is 12.9. The molecule has 130 valence electrons. The van der Waals surface area contributed by atoms with Gasteiger partial charge >= 0.3 is 5.97 Å². The van der Waals surface area contributed by atoms with Gasteiger partial charge in [0.2, 0.25) is 0 Å². The summed E-state index contributed by atoms with van der Waals surface area (Å²) in [5, 5.41) is 11.7. The lowest BCUT2D eigenvalue weighted by Gasteiger charge is -2.21. The summed E-state index contributed by atoms with van der Waals surface area (Å²) in [6, 6.07) is 0.670. The van der Waals surface area contributed by atoms with Crippen LogP contribution in [0.4, 0.5) is 0 Å². The Morgan fingerprint density at radius 1 is 1.30 bits per heavy atom. The van der Waals surface area contributed by atoms with Gasteiger partial charge in [0.25, 0.3) is 5.91 Å². The third kappa shape index (κ3) is 6.06. The van der Waals surface area contributed by atoms with Crippen molar-refractivity contribution in [2.24, 2.45) is 0 Å². The SMILES string of the molecule is CCc1cc(C(=O)NC(CCOC(C)(C)C)C(=O)O)oc1CC. The molecule has 0 aliphatic heterocycles. The number of aliphatic carboxylic acids is 1. The van der Waals surface area contributed by atoms with Gasteiger partial charge in [-0.3, -0.25) is 4.79 Å². The molecule has 0 radical (unpaired) electrons. The van der Waals surface area contributed by atoms with E-state index in [2.05, 4.69) is 5.32 Å². The second kappa shape index (κ2) is 8.15. The summed E-state index contributed by atoms with van der Waals surface area (Å²) in [5.74, 6) is -0.682. The lowest BCUT2D eigenvalue weighted by Crippen LogP contribution is -2.41. The van der Waals surface area contributed by atoms with Crippen LogP contribution in [0.3, 0.4) is 0 Å². The fourth-order valence-electron chi connectivity index (χ4n) is 2.15. The monoisotopic (exact) mass is 325 g/mol. The number of aryl methyl sites for hydroxylation is 2. The highest BCUT2D eigenvalue weighted by molar-refractivity contribution is 5.94. The number of amides is 1. The van der Waals surface area contributed by atoms with Crippen LogP contribution >= 0.6 is 0 Å². The Hall–Kier alpha value is -1.82. The van der Waals surface area contributed by atoms with Gasteiger partial charge in [-0.1, -0.05) is 13.8 Å². The van der Waals surface area contributed by atoms with Crippen molar-refractivity contribution in [2.45, 2.75) is 65.5 Å². The molecule has 1 aromatic rings. The van der Waals surface area contributed by atoms with E-state index in [0.717, 1.165) is 17.7 Å².